The third kappa shape index (κ3) is 1.74. The van der Waals surface area contributed by atoms with Gasteiger partial charge >= 0.3 is 0 Å². The van der Waals surface area contributed by atoms with E-state index in [4.69, 9.17) is 5.26 Å². The Morgan fingerprint density at radius 3 is 2.79 bits per heavy atom. The van der Waals surface area contributed by atoms with E-state index in [9.17, 15) is 4.79 Å². The molecular weight excluding hydrogens is 180 g/mol. The van der Waals surface area contributed by atoms with Crippen LogP contribution in [0.15, 0.2) is 0 Å². The van der Waals surface area contributed by atoms with Gasteiger partial charge in [0.1, 0.15) is 11.6 Å². The average Bonchev–Trinajstić information content (AvgIpc) is 2.39. The van der Waals surface area contributed by atoms with Crippen molar-refractivity contribution in [1.29, 1.82) is 5.26 Å². The van der Waals surface area contributed by atoms with E-state index in [1.54, 1.807) is 11.7 Å². The number of nitriles is 1. The number of anilines is 1. The number of carbonyl (C=O) groups is 1. The average molecular weight is 192 g/mol. The molecule has 1 heterocycles. The molecule has 1 amide bonds. The molecule has 0 saturated carbocycles. The maximum absolute atomic E-state index is 10.8. The summed E-state index contributed by atoms with van der Waals surface area (Å²) in [6.45, 7) is 3.33. The molecule has 5 nitrogen and oxygen atoms in total. The molecular formula is C9H12N4O. The molecule has 14 heavy (non-hydrogen) atoms. The number of hydrogen-bond donors (Lipinski definition) is 1. The highest BCUT2D eigenvalue weighted by molar-refractivity contribution is 5.89. The molecule has 0 atom stereocenters. The SMILES string of the molecule is CCc1c(C#N)c(NC(C)=O)nn1C. The summed E-state index contributed by atoms with van der Waals surface area (Å²) in [4.78, 5) is 10.8. The summed E-state index contributed by atoms with van der Waals surface area (Å²) in [6, 6.07) is 2.04. The summed E-state index contributed by atoms with van der Waals surface area (Å²) in [5.41, 5.74) is 1.28. The van der Waals surface area contributed by atoms with Crippen molar-refractivity contribution in [3.8, 4) is 6.07 Å². The number of nitrogens with zero attached hydrogens (tertiary/aromatic N) is 3. The normalized spacial score (nSPS) is 9.57. The topological polar surface area (TPSA) is 70.7 Å². The second-order valence-corrected chi connectivity index (χ2v) is 2.94. The summed E-state index contributed by atoms with van der Waals surface area (Å²) >= 11 is 0. The van der Waals surface area contributed by atoms with Crippen LogP contribution in [0.25, 0.3) is 0 Å². The smallest absolute Gasteiger partial charge is 0.222 e. The molecule has 1 aromatic rings. The lowest BCUT2D eigenvalue weighted by atomic mass is 10.2. The van der Waals surface area contributed by atoms with Gasteiger partial charge in [-0.2, -0.15) is 10.4 Å². The highest BCUT2D eigenvalue weighted by Gasteiger charge is 2.14. The lowest BCUT2D eigenvalue weighted by Gasteiger charge is -1.95. The van der Waals surface area contributed by atoms with Gasteiger partial charge in [0.25, 0.3) is 0 Å². The van der Waals surface area contributed by atoms with Gasteiger partial charge in [-0.1, -0.05) is 6.92 Å². The fraction of sp³-hybridized carbons (Fsp3) is 0.444. The molecule has 74 valence electrons. The second kappa shape index (κ2) is 3.92. The van der Waals surface area contributed by atoms with E-state index in [0.717, 1.165) is 5.69 Å². The van der Waals surface area contributed by atoms with Gasteiger partial charge in [0.05, 0.1) is 5.69 Å². The maximum Gasteiger partial charge on any atom is 0.222 e. The quantitative estimate of drug-likeness (QED) is 0.753. The highest BCUT2D eigenvalue weighted by Crippen LogP contribution is 2.17. The maximum atomic E-state index is 10.8. The molecule has 0 aromatic carbocycles. The highest BCUT2D eigenvalue weighted by atomic mass is 16.1. The molecule has 0 saturated heterocycles. The molecule has 0 aliphatic carbocycles. The predicted octanol–water partition coefficient (Wildman–Crippen LogP) is 0.813. The van der Waals surface area contributed by atoms with Crippen LogP contribution >= 0.6 is 0 Å². The van der Waals surface area contributed by atoms with Gasteiger partial charge in [0.15, 0.2) is 5.82 Å². The Morgan fingerprint density at radius 1 is 1.71 bits per heavy atom. The first-order chi connectivity index (χ1) is 6.60. The van der Waals surface area contributed by atoms with Crippen LogP contribution in [0.2, 0.25) is 0 Å². The Labute approximate surface area is 82.3 Å². The van der Waals surface area contributed by atoms with E-state index < -0.39 is 0 Å². The fourth-order valence-corrected chi connectivity index (χ4v) is 1.34. The Hall–Kier alpha value is -1.83. The number of amides is 1. The van der Waals surface area contributed by atoms with Gasteiger partial charge in [0, 0.05) is 14.0 Å². The zero-order valence-corrected chi connectivity index (χ0v) is 8.46. The Kier molecular flexibility index (Phi) is 2.87. The number of aryl methyl sites for hydroxylation is 1. The monoisotopic (exact) mass is 192 g/mol. The number of hydrogen-bond acceptors (Lipinski definition) is 3. The number of rotatable bonds is 2. The van der Waals surface area contributed by atoms with E-state index >= 15 is 0 Å². The van der Waals surface area contributed by atoms with Crippen LogP contribution < -0.4 is 5.32 Å². The fourth-order valence-electron chi connectivity index (χ4n) is 1.34. The molecule has 0 aliphatic heterocycles. The molecule has 0 bridgehead atoms. The Morgan fingerprint density at radius 2 is 2.36 bits per heavy atom. The van der Waals surface area contributed by atoms with Crippen LogP contribution in [-0.2, 0) is 18.3 Å². The van der Waals surface area contributed by atoms with Gasteiger partial charge < -0.3 is 5.32 Å². The van der Waals surface area contributed by atoms with Crippen molar-refractivity contribution in [1.82, 2.24) is 9.78 Å². The zero-order chi connectivity index (χ0) is 10.7. The summed E-state index contributed by atoms with van der Waals surface area (Å²) in [6.07, 6.45) is 0.714. The standard InChI is InChI=1S/C9H12N4O/c1-4-8-7(5-10)9(11-6(2)14)12-13(8)3/h4H2,1-3H3,(H,11,12,14). The van der Waals surface area contributed by atoms with Crippen LogP contribution in [0.3, 0.4) is 0 Å². The minimum atomic E-state index is -0.220. The molecule has 0 aliphatic rings. The summed E-state index contributed by atoms with van der Waals surface area (Å²) in [7, 11) is 1.75. The van der Waals surface area contributed by atoms with E-state index in [1.165, 1.54) is 6.92 Å². The van der Waals surface area contributed by atoms with Crippen molar-refractivity contribution >= 4 is 11.7 Å². The van der Waals surface area contributed by atoms with Crippen molar-refractivity contribution in [2.45, 2.75) is 20.3 Å². The van der Waals surface area contributed by atoms with Crippen LogP contribution in [0.1, 0.15) is 25.1 Å². The van der Waals surface area contributed by atoms with Crippen LogP contribution in [0.5, 0.6) is 0 Å². The molecule has 5 heteroatoms. The van der Waals surface area contributed by atoms with Gasteiger partial charge in [-0.05, 0) is 6.42 Å². The van der Waals surface area contributed by atoms with Gasteiger partial charge in [-0.3, -0.25) is 9.48 Å². The van der Waals surface area contributed by atoms with Crippen molar-refractivity contribution in [3.05, 3.63) is 11.3 Å². The third-order valence-corrected chi connectivity index (χ3v) is 1.91. The number of nitrogens with one attached hydrogen (secondary N) is 1. The van der Waals surface area contributed by atoms with Gasteiger partial charge in [0.2, 0.25) is 5.91 Å². The molecule has 0 unspecified atom stereocenters. The molecule has 0 fully saturated rings. The van der Waals surface area contributed by atoms with Crippen molar-refractivity contribution in [3.63, 3.8) is 0 Å². The third-order valence-electron chi connectivity index (χ3n) is 1.91. The van der Waals surface area contributed by atoms with Gasteiger partial charge in [-0.25, -0.2) is 0 Å². The minimum Gasteiger partial charge on any atom is -0.308 e. The van der Waals surface area contributed by atoms with Crippen molar-refractivity contribution < 1.29 is 4.79 Å². The van der Waals surface area contributed by atoms with Crippen LogP contribution in [0, 0.1) is 11.3 Å². The predicted molar refractivity (Wildman–Crippen MR) is 51.6 cm³/mol. The first kappa shape index (κ1) is 10.3. The van der Waals surface area contributed by atoms with E-state index in [-0.39, 0.29) is 5.91 Å². The van der Waals surface area contributed by atoms with Gasteiger partial charge in [-0.15, -0.1) is 0 Å². The second-order valence-electron chi connectivity index (χ2n) is 2.94. The molecule has 0 spiro atoms. The first-order valence-electron chi connectivity index (χ1n) is 4.33. The molecule has 0 radical (unpaired) electrons. The largest absolute Gasteiger partial charge is 0.308 e. The lowest BCUT2D eigenvalue weighted by Crippen LogP contribution is -2.07. The summed E-state index contributed by atoms with van der Waals surface area (Å²) in [5.74, 6) is 0.126. The molecule has 1 N–H and O–H groups in total. The van der Waals surface area contributed by atoms with Crippen molar-refractivity contribution in [2.24, 2.45) is 7.05 Å². The first-order valence-corrected chi connectivity index (χ1v) is 4.33. The number of aromatic nitrogens is 2. The summed E-state index contributed by atoms with van der Waals surface area (Å²) in [5, 5.41) is 15.5. The van der Waals surface area contributed by atoms with Crippen molar-refractivity contribution in [2.75, 3.05) is 5.32 Å². The van der Waals surface area contributed by atoms with E-state index in [1.807, 2.05) is 13.0 Å². The van der Waals surface area contributed by atoms with E-state index in [0.29, 0.717) is 17.8 Å². The number of carbonyl (C=O) groups excluding carboxylic acids is 1. The summed E-state index contributed by atoms with van der Waals surface area (Å²) < 4.78 is 1.61. The molecule has 1 rings (SSSR count). The van der Waals surface area contributed by atoms with Crippen LogP contribution in [0.4, 0.5) is 5.82 Å². The lowest BCUT2D eigenvalue weighted by molar-refractivity contribution is -0.114. The van der Waals surface area contributed by atoms with Crippen LogP contribution in [-0.4, -0.2) is 15.7 Å². The minimum absolute atomic E-state index is 0.220. The van der Waals surface area contributed by atoms with E-state index in [2.05, 4.69) is 10.4 Å². The Bertz CT molecular complexity index is 400. The zero-order valence-electron chi connectivity index (χ0n) is 8.46. The Balaban J connectivity index is 3.19. The molecule has 1 aromatic heterocycles.